The summed E-state index contributed by atoms with van der Waals surface area (Å²) in [5.41, 5.74) is 1.09. The van der Waals surface area contributed by atoms with E-state index in [4.69, 9.17) is 21.1 Å². The third kappa shape index (κ3) is 3.40. The Bertz CT molecular complexity index is 480. The van der Waals surface area contributed by atoms with Crippen LogP contribution in [0.1, 0.15) is 5.56 Å². The van der Waals surface area contributed by atoms with Gasteiger partial charge >= 0.3 is 0 Å². The number of hydrogen-bond acceptors (Lipinski definition) is 2. The third-order valence-corrected chi connectivity index (χ3v) is 2.60. The van der Waals surface area contributed by atoms with Crippen LogP contribution in [0.2, 0.25) is 5.02 Å². The van der Waals surface area contributed by atoms with Gasteiger partial charge in [-0.05, 0) is 42.8 Å². The number of ether oxygens (including phenoxy) is 2. The molecule has 0 saturated carbocycles. The molecule has 2 rings (SSSR count). The molecule has 88 valence electrons. The van der Waals surface area contributed by atoms with Gasteiger partial charge in [-0.1, -0.05) is 29.8 Å². The maximum atomic E-state index is 5.78. The average Bonchev–Trinajstić information content (AvgIpc) is 2.34. The van der Waals surface area contributed by atoms with Crippen molar-refractivity contribution >= 4 is 11.6 Å². The summed E-state index contributed by atoms with van der Waals surface area (Å²) in [6.07, 6.45) is 0. The van der Waals surface area contributed by atoms with Crippen LogP contribution in [0.5, 0.6) is 11.5 Å². The van der Waals surface area contributed by atoms with Crippen LogP contribution in [0.15, 0.2) is 48.5 Å². The largest absolute Gasteiger partial charge is 0.458 e. The van der Waals surface area contributed by atoms with Gasteiger partial charge in [-0.25, -0.2) is 0 Å². The standard InChI is InChI=1S/C14H13ClO2/c1-11-4-2-3-5-14(11)17-10-16-13-8-6-12(15)7-9-13/h2-9H,10H2,1H3. The second kappa shape index (κ2) is 5.60. The molecular formula is C14H13ClO2. The minimum absolute atomic E-state index is 0.187. The number of benzene rings is 2. The maximum Gasteiger partial charge on any atom is 0.230 e. The molecule has 0 N–H and O–H groups in total. The Kier molecular flexibility index (Phi) is 3.89. The molecule has 0 heterocycles. The molecule has 0 bridgehead atoms. The molecule has 0 aliphatic heterocycles. The van der Waals surface area contributed by atoms with Gasteiger partial charge in [0.1, 0.15) is 11.5 Å². The highest BCUT2D eigenvalue weighted by Crippen LogP contribution is 2.18. The number of aryl methyl sites for hydroxylation is 1. The summed E-state index contributed by atoms with van der Waals surface area (Å²) >= 11 is 5.78. The zero-order chi connectivity index (χ0) is 12.1. The predicted molar refractivity (Wildman–Crippen MR) is 68.8 cm³/mol. The van der Waals surface area contributed by atoms with Crippen LogP contribution in [-0.4, -0.2) is 6.79 Å². The lowest BCUT2D eigenvalue weighted by Crippen LogP contribution is -2.06. The molecule has 0 aliphatic rings. The van der Waals surface area contributed by atoms with Gasteiger partial charge in [-0.3, -0.25) is 0 Å². The van der Waals surface area contributed by atoms with E-state index in [1.54, 1.807) is 12.1 Å². The first-order valence-electron chi connectivity index (χ1n) is 5.32. The first-order chi connectivity index (χ1) is 8.25. The highest BCUT2D eigenvalue weighted by Gasteiger charge is 1.98. The van der Waals surface area contributed by atoms with E-state index < -0.39 is 0 Å². The summed E-state index contributed by atoms with van der Waals surface area (Å²) in [5, 5.41) is 0.692. The van der Waals surface area contributed by atoms with Crippen LogP contribution in [-0.2, 0) is 0 Å². The minimum atomic E-state index is 0.187. The molecule has 2 aromatic carbocycles. The fraction of sp³-hybridized carbons (Fsp3) is 0.143. The molecule has 2 aromatic rings. The monoisotopic (exact) mass is 248 g/mol. The van der Waals surface area contributed by atoms with Crippen LogP contribution in [0, 0.1) is 6.92 Å². The third-order valence-electron chi connectivity index (χ3n) is 2.35. The lowest BCUT2D eigenvalue weighted by molar-refractivity contribution is 0.119. The second-order valence-electron chi connectivity index (χ2n) is 3.63. The van der Waals surface area contributed by atoms with Gasteiger partial charge < -0.3 is 9.47 Å². The Morgan fingerprint density at radius 2 is 1.65 bits per heavy atom. The fourth-order valence-corrected chi connectivity index (χ4v) is 1.54. The Hall–Kier alpha value is -1.67. The smallest absolute Gasteiger partial charge is 0.230 e. The van der Waals surface area contributed by atoms with E-state index in [0.29, 0.717) is 5.02 Å². The molecule has 0 aromatic heterocycles. The molecule has 0 unspecified atom stereocenters. The van der Waals surface area contributed by atoms with E-state index in [1.807, 2.05) is 43.3 Å². The van der Waals surface area contributed by atoms with Crippen molar-refractivity contribution in [3.05, 3.63) is 59.1 Å². The van der Waals surface area contributed by atoms with Gasteiger partial charge in [0.05, 0.1) is 0 Å². The minimum Gasteiger partial charge on any atom is -0.458 e. The zero-order valence-electron chi connectivity index (χ0n) is 9.52. The Morgan fingerprint density at radius 3 is 2.35 bits per heavy atom. The van der Waals surface area contributed by atoms with E-state index in [1.165, 1.54) is 0 Å². The topological polar surface area (TPSA) is 18.5 Å². The van der Waals surface area contributed by atoms with Crippen molar-refractivity contribution < 1.29 is 9.47 Å². The van der Waals surface area contributed by atoms with Crippen LogP contribution >= 0.6 is 11.6 Å². The Labute approximate surface area is 106 Å². The number of halogens is 1. The van der Waals surface area contributed by atoms with Crippen LogP contribution in [0.4, 0.5) is 0 Å². The molecular weight excluding hydrogens is 236 g/mol. The van der Waals surface area contributed by atoms with Crippen molar-refractivity contribution in [1.82, 2.24) is 0 Å². The van der Waals surface area contributed by atoms with Crippen molar-refractivity contribution in [1.29, 1.82) is 0 Å². The fourth-order valence-electron chi connectivity index (χ4n) is 1.41. The van der Waals surface area contributed by atoms with E-state index in [9.17, 15) is 0 Å². The lowest BCUT2D eigenvalue weighted by Gasteiger charge is -2.10. The Balaban J connectivity index is 1.88. The summed E-state index contributed by atoms with van der Waals surface area (Å²) in [7, 11) is 0. The van der Waals surface area contributed by atoms with Crippen molar-refractivity contribution in [3.8, 4) is 11.5 Å². The predicted octanol–water partition coefficient (Wildman–Crippen LogP) is 4.06. The molecule has 0 fully saturated rings. The molecule has 0 saturated heterocycles. The number of hydrogen-bond donors (Lipinski definition) is 0. The highest BCUT2D eigenvalue weighted by molar-refractivity contribution is 6.30. The first-order valence-corrected chi connectivity index (χ1v) is 5.70. The van der Waals surface area contributed by atoms with Crippen LogP contribution < -0.4 is 9.47 Å². The van der Waals surface area contributed by atoms with Gasteiger partial charge in [-0.2, -0.15) is 0 Å². The van der Waals surface area contributed by atoms with Gasteiger partial charge in [0, 0.05) is 5.02 Å². The van der Waals surface area contributed by atoms with Crippen LogP contribution in [0.25, 0.3) is 0 Å². The Morgan fingerprint density at radius 1 is 0.941 bits per heavy atom. The van der Waals surface area contributed by atoms with Crippen LogP contribution in [0.3, 0.4) is 0 Å². The molecule has 17 heavy (non-hydrogen) atoms. The lowest BCUT2D eigenvalue weighted by atomic mass is 10.2. The molecule has 3 heteroatoms. The summed E-state index contributed by atoms with van der Waals surface area (Å²) in [4.78, 5) is 0. The number of para-hydroxylation sites is 1. The second-order valence-corrected chi connectivity index (χ2v) is 4.06. The molecule has 0 radical (unpaired) electrons. The average molecular weight is 249 g/mol. The molecule has 0 aliphatic carbocycles. The van der Waals surface area contributed by atoms with Crippen molar-refractivity contribution in [2.45, 2.75) is 6.92 Å². The number of rotatable bonds is 4. The van der Waals surface area contributed by atoms with Gasteiger partial charge in [0.2, 0.25) is 6.79 Å². The quantitative estimate of drug-likeness (QED) is 0.760. The first kappa shape index (κ1) is 11.8. The summed E-state index contributed by atoms with van der Waals surface area (Å²) in [6.45, 7) is 2.18. The summed E-state index contributed by atoms with van der Waals surface area (Å²) < 4.78 is 11.0. The van der Waals surface area contributed by atoms with E-state index in [-0.39, 0.29) is 6.79 Å². The van der Waals surface area contributed by atoms with E-state index >= 15 is 0 Å². The molecule has 2 nitrogen and oxygen atoms in total. The maximum absolute atomic E-state index is 5.78. The SMILES string of the molecule is Cc1ccccc1OCOc1ccc(Cl)cc1. The molecule has 0 atom stereocenters. The molecule has 0 spiro atoms. The van der Waals surface area contributed by atoms with Gasteiger partial charge in [-0.15, -0.1) is 0 Å². The molecule has 0 amide bonds. The van der Waals surface area contributed by atoms with Gasteiger partial charge in [0.15, 0.2) is 0 Å². The summed E-state index contributed by atoms with van der Waals surface area (Å²) in [5.74, 6) is 1.57. The normalized spacial score (nSPS) is 10.0. The van der Waals surface area contributed by atoms with E-state index in [0.717, 1.165) is 17.1 Å². The van der Waals surface area contributed by atoms with Gasteiger partial charge in [0.25, 0.3) is 0 Å². The summed E-state index contributed by atoms with van der Waals surface area (Å²) in [6, 6.07) is 15.0. The zero-order valence-corrected chi connectivity index (χ0v) is 10.3. The van der Waals surface area contributed by atoms with Crippen molar-refractivity contribution in [2.24, 2.45) is 0 Å². The van der Waals surface area contributed by atoms with Crippen molar-refractivity contribution in [3.63, 3.8) is 0 Å². The van der Waals surface area contributed by atoms with E-state index in [2.05, 4.69) is 0 Å². The van der Waals surface area contributed by atoms with Crippen molar-refractivity contribution in [2.75, 3.05) is 6.79 Å². The highest BCUT2D eigenvalue weighted by atomic mass is 35.5.